The molecule has 6 nitrogen and oxygen atoms in total. The molecule has 1 aliphatic rings. The number of anilines is 2. The Morgan fingerprint density at radius 1 is 1.48 bits per heavy atom. The van der Waals surface area contributed by atoms with E-state index < -0.39 is 5.97 Å². The minimum Gasteiger partial charge on any atom is -0.465 e. The van der Waals surface area contributed by atoms with E-state index in [0.717, 1.165) is 17.7 Å². The molecule has 3 N–H and O–H groups in total. The van der Waals surface area contributed by atoms with Gasteiger partial charge in [0.15, 0.2) is 0 Å². The average Bonchev–Trinajstić information content (AvgIpc) is 2.45. The summed E-state index contributed by atoms with van der Waals surface area (Å²) >= 11 is 0. The summed E-state index contributed by atoms with van der Waals surface area (Å²) in [6, 6.07) is 3.77. The van der Waals surface area contributed by atoms with E-state index in [4.69, 9.17) is 10.5 Å². The number of esters is 1. The van der Waals surface area contributed by atoms with Gasteiger partial charge in [0.2, 0.25) is 5.91 Å². The summed E-state index contributed by atoms with van der Waals surface area (Å²) < 4.78 is 4.75. The second-order valence-corrected chi connectivity index (χ2v) is 5.40. The number of nitrogens with zero attached hydrogens (tertiary/aromatic N) is 1. The summed E-state index contributed by atoms with van der Waals surface area (Å²) in [5.74, 6) is -0.285. The van der Waals surface area contributed by atoms with Gasteiger partial charge in [0, 0.05) is 37.4 Å². The van der Waals surface area contributed by atoms with Crippen LogP contribution in [0.2, 0.25) is 0 Å². The molecule has 1 unspecified atom stereocenters. The lowest BCUT2D eigenvalue weighted by molar-refractivity contribution is -0.132. The third kappa shape index (κ3) is 3.26. The smallest absolute Gasteiger partial charge is 0.340 e. The zero-order chi connectivity index (χ0) is 15.6. The molecular formula is C15H21N3O3. The van der Waals surface area contributed by atoms with Crippen LogP contribution in [-0.4, -0.2) is 43.5 Å². The Morgan fingerprint density at radius 3 is 2.81 bits per heavy atom. The van der Waals surface area contributed by atoms with Crippen LogP contribution in [0.15, 0.2) is 12.1 Å². The highest BCUT2D eigenvalue weighted by atomic mass is 16.5. The van der Waals surface area contributed by atoms with E-state index in [1.165, 1.54) is 7.11 Å². The first kappa shape index (κ1) is 15.2. The van der Waals surface area contributed by atoms with E-state index in [0.29, 0.717) is 24.2 Å². The highest BCUT2D eigenvalue weighted by molar-refractivity contribution is 5.97. The van der Waals surface area contributed by atoms with Crippen molar-refractivity contribution in [3.8, 4) is 0 Å². The molecule has 114 valence electrons. The molecule has 0 aromatic heterocycles. The van der Waals surface area contributed by atoms with Crippen molar-refractivity contribution >= 4 is 23.3 Å². The van der Waals surface area contributed by atoms with Gasteiger partial charge in [-0.15, -0.1) is 0 Å². The van der Waals surface area contributed by atoms with Crippen molar-refractivity contribution in [2.24, 2.45) is 0 Å². The third-order valence-corrected chi connectivity index (χ3v) is 3.79. The number of ether oxygens (including phenoxy) is 1. The van der Waals surface area contributed by atoms with E-state index in [1.807, 2.05) is 13.0 Å². The topological polar surface area (TPSA) is 84.7 Å². The van der Waals surface area contributed by atoms with Crippen LogP contribution < -0.4 is 11.1 Å². The first-order chi connectivity index (χ1) is 9.92. The van der Waals surface area contributed by atoms with Crippen molar-refractivity contribution in [2.45, 2.75) is 25.8 Å². The first-order valence-corrected chi connectivity index (χ1v) is 6.91. The number of hydrogen-bond donors (Lipinski definition) is 2. The molecule has 1 amide bonds. The Hall–Kier alpha value is -2.24. The molecule has 1 fully saturated rings. The number of carbonyl (C=O) groups excluding carboxylic acids is 2. The fraction of sp³-hybridized carbons (Fsp3) is 0.467. The van der Waals surface area contributed by atoms with Gasteiger partial charge < -0.3 is 20.7 Å². The number of piperidine rings is 1. The van der Waals surface area contributed by atoms with Crippen LogP contribution in [0.25, 0.3) is 0 Å². The standard InChI is InChI=1S/C15H21N3O3/c1-9-6-11(7-12(14(9)16)15(20)21-3)17-10-4-5-13(19)18(2)8-10/h6-7,10,17H,4-5,8,16H2,1-3H3. The molecule has 0 saturated carbocycles. The van der Waals surface area contributed by atoms with Gasteiger partial charge in [-0.25, -0.2) is 4.79 Å². The number of carbonyl (C=O) groups is 2. The molecule has 6 heteroatoms. The predicted molar refractivity (Wildman–Crippen MR) is 81.2 cm³/mol. The maximum absolute atomic E-state index is 11.7. The van der Waals surface area contributed by atoms with Gasteiger partial charge >= 0.3 is 5.97 Å². The van der Waals surface area contributed by atoms with E-state index in [1.54, 1.807) is 18.0 Å². The third-order valence-electron chi connectivity index (χ3n) is 3.79. The van der Waals surface area contributed by atoms with Crippen LogP contribution in [-0.2, 0) is 9.53 Å². The van der Waals surface area contributed by atoms with Crippen molar-refractivity contribution < 1.29 is 14.3 Å². The molecule has 0 radical (unpaired) electrons. The van der Waals surface area contributed by atoms with Crippen LogP contribution in [0.1, 0.15) is 28.8 Å². The fourth-order valence-electron chi connectivity index (χ4n) is 2.53. The number of rotatable bonds is 3. The summed E-state index contributed by atoms with van der Waals surface area (Å²) in [4.78, 5) is 25.0. The molecule has 1 aliphatic heterocycles. The number of amides is 1. The van der Waals surface area contributed by atoms with Gasteiger partial charge in [-0.3, -0.25) is 4.79 Å². The molecule has 2 rings (SSSR count). The lowest BCUT2D eigenvalue weighted by atomic mass is 10.0. The zero-order valence-electron chi connectivity index (χ0n) is 12.6. The van der Waals surface area contributed by atoms with Crippen molar-refractivity contribution in [3.05, 3.63) is 23.3 Å². The SMILES string of the molecule is COC(=O)c1cc(NC2CCC(=O)N(C)C2)cc(C)c1N. The van der Waals surface area contributed by atoms with E-state index in [2.05, 4.69) is 5.32 Å². The van der Waals surface area contributed by atoms with Crippen molar-refractivity contribution in [1.82, 2.24) is 4.90 Å². The molecular weight excluding hydrogens is 270 g/mol. The van der Waals surface area contributed by atoms with Crippen molar-refractivity contribution in [3.63, 3.8) is 0 Å². The largest absolute Gasteiger partial charge is 0.465 e. The quantitative estimate of drug-likeness (QED) is 0.649. The molecule has 1 aromatic carbocycles. The van der Waals surface area contributed by atoms with E-state index in [-0.39, 0.29) is 11.9 Å². The highest BCUT2D eigenvalue weighted by Gasteiger charge is 2.23. The minimum atomic E-state index is -0.449. The predicted octanol–water partition coefficient (Wildman–Crippen LogP) is 1.40. The Kier molecular flexibility index (Phi) is 4.35. The maximum atomic E-state index is 11.7. The number of nitrogen functional groups attached to an aromatic ring is 1. The summed E-state index contributed by atoms with van der Waals surface area (Å²) in [5, 5.41) is 3.36. The summed E-state index contributed by atoms with van der Waals surface area (Å²) in [5.41, 5.74) is 8.35. The Labute approximate surface area is 124 Å². The number of likely N-dealkylation sites (tertiary alicyclic amines) is 1. The first-order valence-electron chi connectivity index (χ1n) is 6.91. The monoisotopic (exact) mass is 291 g/mol. The Bertz CT molecular complexity index is 572. The van der Waals surface area contributed by atoms with Crippen LogP contribution in [0, 0.1) is 6.92 Å². The molecule has 1 atom stereocenters. The summed E-state index contributed by atoms with van der Waals surface area (Å²) in [7, 11) is 3.13. The van der Waals surface area contributed by atoms with Crippen LogP contribution in [0.5, 0.6) is 0 Å². The van der Waals surface area contributed by atoms with Gasteiger partial charge in [-0.2, -0.15) is 0 Å². The molecule has 1 aromatic rings. The number of nitrogens with one attached hydrogen (secondary N) is 1. The average molecular weight is 291 g/mol. The number of aryl methyl sites for hydroxylation is 1. The van der Waals surface area contributed by atoms with Crippen LogP contribution in [0.3, 0.4) is 0 Å². The lowest BCUT2D eigenvalue weighted by Gasteiger charge is -2.31. The van der Waals surface area contributed by atoms with Gasteiger partial charge in [-0.05, 0) is 31.0 Å². The number of hydrogen-bond acceptors (Lipinski definition) is 5. The molecule has 21 heavy (non-hydrogen) atoms. The minimum absolute atomic E-state index is 0.164. The van der Waals surface area contributed by atoms with E-state index in [9.17, 15) is 9.59 Å². The molecule has 0 aliphatic carbocycles. The zero-order valence-corrected chi connectivity index (χ0v) is 12.6. The second-order valence-electron chi connectivity index (χ2n) is 5.40. The molecule has 1 heterocycles. The maximum Gasteiger partial charge on any atom is 0.340 e. The Balaban J connectivity index is 2.19. The molecule has 0 spiro atoms. The number of nitrogens with two attached hydrogens (primary N) is 1. The van der Waals surface area contributed by atoms with Crippen molar-refractivity contribution in [2.75, 3.05) is 31.8 Å². The van der Waals surface area contributed by atoms with E-state index >= 15 is 0 Å². The number of methoxy groups -OCH3 is 1. The summed E-state index contributed by atoms with van der Waals surface area (Å²) in [6.45, 7) is 2.50. The van der Waals surface area contributed by atoms with Crippen LogP contribution in [0.4, 0.5) is 11.4 Å². The Morgan fingerprint density at radius 2 is 2.19 bits per heavy atom. The highest BCUT2D eigenvalue weighted by Crippen LogP contribution is 2.25. The second kappa shape index (κ2) is 6.03. The molecule has 0 bridgehead atoms. The summed E-state index contributed by atoms with van der Waals surface area (Å²) in [6.07, 6.45) is 1.31. The van der Waals surface area contributed by atoms with Gasteiger partial charge in [0.05, 0.1) is 12.7 Å². The lowest BCUT2D eigenvalue weighted by Crippen LogP contribution is -2.43. The van der Waals surface area contributed by atoms with Crippen molar-refractivity contribution in [1.29, 1.82) is 0 Å². The number of benzene rings is 1. The fourth-order valence-corrected chi connectivity index (χ4v) is 2.53. The van der Waals surface area contributed by atoms with Gasteiger partial charge in [-0.1, -0.05) is 0 Å². The molecule has 1 saturated heterocycles. The van der Waals surface area contributed by atoms with Gasteiger partial charge in [0.1, 0.15) is 0 Å². The normalized spacial score (nSPS) is 18.5. The van der Waals surface area contributed by atoms with Crippen LogP contribution >= 0.6 is 0 Å². The van der Waals surface area contributed by atoms with Gasteiger partial charge in [0.25, 0.3) is 0 Å². The number of likely N-dealkylation sites (N-methyl/N-ethyl adjacent to an activating group) is 1.